The van der Waals surface area contributed by atoms with Crippen LogP contribution in [0.1, 0.15) is 37.3 Å². The second-order valence-corrected chi connectivity index (χ2v) is 6.75. The maximum Gasteiger partial charge on any atom is 0.317 e. The van der Waals surface area contributed by atoms with E-state index in [-0.39, 0.29) is 24.6 Å². The first-order chi connectivity index (χ1) is 11.2. The quantitative estimate of drug-likeness (QED) is 0.871. The summed E-state index contributed by atoms with van der Waals surface area (Å²) in [6, 6.07) is 5.45. The fourth-order valence-electron chi connectivity index (χ4n) is 3.33. The normalized spacial score (nSPS) is 24.3. The van der Waals surface area contributed by atoms with E-state index in [1.165, 1.54) is 0 Å². The van der Waals surface area contributed by atoms with Crippen molar-refractivity contribution in [1.29, 1.82) is 0 Å². The van der Waals surface area contributed by atoms with E-state index in [1.54, 1.807) is 0 Å². The maximum atomic E-state index is 12.6. The number of aliphatic hydroxyl groups is 1. The van der Waals surface area contributed by atoms with Crippen LogP contribution in [-0.4, -0.2) is 42.3 Å². The van der Waals surface area contributed by atoms with Gasteiger partial charge in [-0.05, 0) is 43.7 Å². The summed E-state index contributed by atoms with van der Waals surface area (Å²) in [5.74, 6) is 0.949. The SMILES string of the molecule is O=C(N[C@H]1CCCOc2cc(Cl)ccc21)N1CCC[C@@H](CO)C1. The molecule has 0 aromatic heterocycles. The van der Waals surface area contributed by atoms with Gasteiger partial charge in [-0.2, -0.15) is 0 Å². The highest BCUT2D eigenvalue weighted by Gasteiger charge is 2.27. The van der Waals surface area contributed by atoms with Crippen molar-refractivity contribution in [2.24, 2.45) is 5.92 Å². The van der Waals surface area contributed by atoms with Crippen LogP contribution in [0.25, 0.3) is 0 Å². The standard InChI is InChI=1S/C17H23ClN2O3/c18-13-5-6-14-15(4-2-8-23-16(14)9-13)19-17(22)20-7-1-3-12(10-20)11-21/h5-6,9,12,15,21H,1-4,7-8,10-11H2,(H,19,22)/t12-,15+/m1/s1. The molecule has 1 aromatic rings. The molecule has 6 heteroatoms. The lowest BCUT2D eigenvalue weighted by Gasteiger charge is -2.33. The summed E-state index contributed by atoms with van der Waals surface area (Å²) >= 11 is 6.04. The first kappa shape index (κ1) is 16.4. The molecule has 2 N–H and O–H groups in total. The molecule has 2 atom stereocenters. The molecule has 1 aromatic carbocycles. The average molecular weight is 339 g/mol. The Morgan fingerprint density at radius 2 is 2.26 bits per heavy atom. The Morgan fingerprint density at radius 3 is 3.09 bits per heavy atom. The maximum absolute atomic E-state index is 12.6. The van der Waals surface area contributed by atoms with E-state index in [1.807, 2.05) is 23.1 Å². The molecule has 0 unspecified atom stereocenters. The lowest BCUT2D eigenvalue weighted by atomic mass is 9.99. The van der Waals surface area contributed by atoms with Gasteiger partial charge >= 0.3 is 6.03 Å². The van der Waals surface area contributed by atoms with Gasteiger partial charge in [0.15, 0.2) is 0 Å². The predicted octanol–water partition coefficient (Wildman–Crippen LogP) is 2.97. The first-order valence-corrected chi connectivity index (χ1v) is 8.63. The van der Waals surface area contributed by atoms with Gasteiger partial charge in [0.1, 0.15) is 5.75 Å². The Bertz CT molecular complexity index is 567. The Balaban J connectivity index is 1.71. The summed E-state index contributed by atoms with van der Waals surface area (Å²) in [6.45, 7) is 2.15. The van der Waals surface area contributed by atoms with E-state index in [0.717, 1.165) is 43.5 Å². The first-order valence-electron chi connectivity index (χ1n) is 8.26. The molecule has 5 nitrogen and oxygen atoms in total. The number of halogens is 1. The number of amides is 2. The van der Waals surface area contributed by atoms with Crippen molar-refractivity contribution in [3.8, 4) is 5.75 Å². The number of piperidine rings is 1. The van der Waals surface area contributed by atoms with Crippen molar-refractivity contribution in [2.45, 2.75) is 31.7 Å². The van der Waals surface area contributed by atoms with Gasteiger partial charge in [-0.15, -0.1) is 0 Å². The largest absolute Gasteiger partial charge is 0.493 e. The molecule has 1 saturated heterocycles. The van der Waals surface area contributed by atoms with Crippen molar-refractivity contribution >= 4 is 17.6 Å². The third-order valence-electron chi connectivity index (χ3n) is 4.61. The summed E-state index contributed by atoms with van der Waals surface area (Å²) in [5.41, 5.74) is 0.982. The van der Waals surface area contributed by atoms with E-state index >= 15 is 0 Å². The topological polar surface area (TPSA) is 61.8 Å². The zero-order valence-electron chi connectivity index (χ0n) is 13.1. The highest BCUT2D eigenvalue weighted by atomic mass is 35.5. The highest BCUT2D eigenvalue weighted by Crippen LogP contribution is 2.33. The van der Waals surface area contributed by atoms with Crippen LogP contribution in [0.2, 0.25) is 5.02 Å². The van der Waals surface area contributed by atoms with Gasteiger partial charge in [0, 0.05) is 30.3 Å². The molecule has 3 rings (SSSR count). The fraction of sp³-hybridized carbons (Fsp3) is 0.588. The zero-order chi connectivity index (χ0) is 16.2. The van der Waals surface area contributed by atoms with E-state index in [9.17, 15) is 9.90 Å². The van der Waals surface area contributed by atoms with E-state index in [4.69, 9.17) is 16.3 Å². The van der Waals surface area contributed by atoms with Crippen LogP contribution in [0.5, 0.6) is 5.75 Å². The monoisotopic (exact) mass is 338 g/mol. The number of nitrogens with zero attached hydrogens (tertiary/aromatic N) is 1. The fourth-order valence-corrected chi connectivity index (χ4v) is 3.50. The molecule has 23 heavy (non-hydrogen) atoms. The molecule has 126 valence electrons. The van der Waals surface area contributed by atoms with Crippen molar-refractivity contribution in [3.05, 3.63) is 28.8 Å². The molecule has 0 bridgehead atoms. The minimum absolute atomic E-state index is 0.0593. The Labute approximate surface area is 141 Å². The number of carbonyl (C=O) groups excluding carboxylic acids is 1. The van der Waals surface area contributed by atoms with Crippen LogP contribution in [-0.2, 0) is 0 Å². The number of hydrogen-bond acceptors (Lipinski definition) is 3. The Kier molecular flexibility index (Phi) is 5.28. The lowest BCUT2D eigenvalue weighted by Crippen LogP contribution is -2.47. The molecule has 2 amide bonds. The summed E-state index contributed by atoms with van der Waals surface area (Å²) in [5, 5.41) is 13.1. The molecule has 2 aliphatic heterocycles. The number of rotatable bonds is 2. The molecular formula is C17H23ClN2O3. The summed E-state index contributed by atoms with van der Waals surface area (Å²) in [6.07, 6.45) is 3.66. The second-order valence-electron chi connectivity index (χ2n) is 6.31. The molecule has 0 radical (unpaired) electrons. The molecule has 0 spiro atoms. The summed E-state index contributed by atoms with van der Waals surface area (Å²) in [4.78, 5) is 14.4. The van der Waals surface area contributed by atoms with Gasteiger partial charge in [0.25, 0.3) is 0 Å². The van der Waals surface area contributed by atoms with Gasteiger partial charge < -0.3 is 20.1 Å². The van der Waals surface area contributed by atoms with Crippen molar-refractivity contribution in [2.75, 3.05) is 26.3 Å². The van der Waals surface area contributed by atoms with Gasteiger partial charge in [0.2, 0.25) is 0 Å². The molecule has 0 aliphatic carbocycles. The summed E-state index contributed by atoms with van der Waals surface area (Å²) in [7, 11) is 0. The predicted molar refractivity (Wildman–Crippen MR) is 88.8 cm³/mol. The lowest BCUT2D eigenvalue weighted by molar-refractivity contribution is 0.127. The minimum atomic E-state index is -0.0632. The molecular weight excluding hydrogens is 316 g/mol. The second kappa shape index (κ2) is 7.41. The summed E-state index contributed by atoms with van der Waals surface area (Å²) < 4.78 is 5.74. The molecule has 1 fully saturated rings. The number of likely N-dealkylation sites (tertiary alicyclic amines) is 1. The van der Waals surface area contributed by atoms with Crippen molar-refractivity contribution in [3.63, 3.8) is 0 Å². The third-order valence-corrected chi connectivity index (χ3v) is 4.84. The van der Waals surface area contributed by atoms with Crippen LogP contribution in [0.3, 0.4) is 0 Å². The van der Waals surface area contributed by atoms with Crippen LogP contribution >= 0.6 is 11.6 Å². The van der Waals surface area contributed by atoms with E-state index in [2.05, 4.69) is 5.32 Å². The van der Waals surface area contributed by atoms with Crippen molar-refractivity contribution in [1.82, 2.24) is 10.2 Å². The number of aliphatic hydroxyl groups excluding tert-OH is 1. The van der Waals surface area contributed by atoms with Crippen molar-refractivity contribution < 1.29 is 14.6 Å². The van der Waals surface area contributed by atoms with Gasteiger partial charge in [-0.3, -0.25) is 0 Å². The van der Waals surface area contributed by atoms with Gasteiger partial charge in [-0.1, -0.05) is 17.7 Å². The number of ether oxygens (including phenoxy) is 1. The molecule has 2 aliphatic rings. The molecule has 0 saturated carbocycles. The number of fused-ring (bicyclic) bond motifs is 1. The van der Waals surface area contributed by atoms with Crippen LogP contribution in [0.15, 0.2) is 18.2 Å². The zero-order valence-corrected chi connectivity index (χ0v) is 13.9. The highest BCUT2D eigenvalue weighted by molar-refractivity contribution is 6.30. The average Bonchev–Trinajstić information content (AvgIpc) is 2.76. The van der Waals surface area contributed by atoms with Gasteiger partial charge in [-0.25, -0.2) is 4.79 Å². The smallest absolute Gasteiger partial charge is 0.317 e. The van der Waals surface area contributed by atoms with Crippen LogP contribution in [0.4, 0.5) is 4.79 Å². The Morgan fingerprint density at radius 1 is 1.39 bits per heavy atom. The molecule has 2 heterocycles. The van der Waals surface area contributed by atoms with Crippen LogP contribution < -0.4 is 10.1 Å². The third kappa shape index (κ3) is 3.90. The number of hydrogen-bond donors (Lipinski definition) is 2. The number of carbonyl (C=O) groups is 1. The van der Waals surface area contributed by atoms with Crippen LogP contribution in [0, 0.1) is 5.92 Å². The Hall–Kier alpha value is -1.46. The van der Waals surface area contributed by atoms with E-state index in [0.29, 0.717) is 18.2 Å². The number of urea groups is 1. The number of nitrogens with one attached hydrogen (secondary N) is 1. The van der Waals surface area contributed by atoms with Gasteiger partial charge in [0.05, 0.1) is 12.6 Å². The minimum Gasteiger partial charge on any atom is -0.493 e. The van der Waals surface area contributed by atoms with E-state index < -0.39 is 0 Å². The number of benzene rings is 1.